The highest BCUT2D eigenvalue weighted by Crippen LogP contribution is 2.43. The first-order valence-electron chi connectivity index (χ1n) is 9.30. The van der Waals surface area contributed by atoms with Gasteiger partial charge in [-0.25, -0.2) is 9.38 Å². The fraction of sp³-hybridized carbons (Fsp3) is 0.286. The van der Waals surface area contributed by atoms with Crippen molar-refractivity contribution < 1.29 is 4.39 Å². The summed E-state index contributed by atoms with van der Waals surface area (Å²) in [5.74, 6) is 0.745. The SMILES string of the molecule is CN1CCCN(C2=Nc3ccc(F)cc3Nc3sc4ccccc4c32)CC1. The van der Waals surface area contributed by atoms with Crippen molar-refractivity contribution in [2.75, 3.05) is 38.5 Å². The van der Waals surface area contributed by atoms with E-state index in [-0.39, 0.29) is 5.82 Å². The van der Waals surface area contributed by atoms with Crippen LogP contribution in [-0.4, -0.2) is 48.9 Å². The molecule has 1 fully saturated rings. The number of likely N-dealkylation sites (N-methyl/N-ethyl adjacent to an activating group) is 1. The molecule has 0 bridgehead atoms. The summed E-state index contributed by atoms with van der Waals surface area (Å²) in [5.41, 5.74) is 2.65. The van der Waals surface area contributed by atoms with Crippen LogP contribution in [0.3, 0.4) is 0 Å². The molecule has 6 heteroatoms. The van der Waals surface area contributed by atoms with Gasteiger partial charge < -0.3 is 15.1 Å². The third-order valence-electron chi connectivity index (χ3n) is 5.27. The Kier molecular flexibility index (Phi) is 4.10. The molecule has 1 aromatic heterocycles. The van der Waals surface area contributed by atoms with Crippen LogP contribution in [0.1, 0.15) is 12.0 Å². The van der Waals surface area contributed by atoms with Gasteiger partial charge in [-0.2, -0.15) is 0 Å². The number of thiophene rings is 1. The molecule has 2 aromatic carbocycles. The molecule has 0 amide bonds. The van der Waals surface area contributed by atoms with Crippen LogP contribution in [-0.2, 0) is 0 Å². The van der Waals surface area contributed by atoms with Crippen molar-refractivity contribution in [1.82, 2.24) is 9.80 Å². The maximum atomic E-state index is 13.9. The van der Waals surface area contributed by atoms with Crippen LogP contribution in [0.15, 0.2) is 47.5 Å². The fourth-order valence-electron chi connectivity index (χ4n) is 3.84. The number of benzene rings is 2. The van der Waals surface area contributed by atoms with Crippen LogP contribution in [0.2, 0.25) is 0 Å². The van der Waals surface area contributed by atoms with E-state index < -0.39 is 0 Å². The molecule has 0 aliphatic carbocycles. The Hall–Kier alpha value is -2.44. The van der Waals surface area contributed by atoms with E-state index in [0.717, 1.165) is 60.4 Å². The lowest BCUT2D eigenvalue weighted by Crippen LogP contribution is -2.35. The number of amidine groups is 1. The van der Waals surface area contributed by atoms with Crippen LogP contribution < -0.4 is 5.32 Å². The van der Waals surface area contributed by atoms with Crippen molar-refractivity contribution in [2.45, 2.75) is 6.42 Å². The summed E-state index contributed by atoms with van der Waals surface area (Å²) in [6, 6.07) is 13.2. The number of hydrogen-bond donors (Lipinski definition) is 1. The van der Waals surface area contributed by atoms with Crippen LogP contribution in [0, 0.1) is 5.82 Å². The molecule has 0 unspecified atom stereocenters. The highest BCUT2D eigenvalue weighted by Gasteiger charge is 2.26. The Bertz CT molecular complexity index is 1040. The standard InChI is InChI=1S/C21H21FN4S/c1-25-9-4-10-26(12-11-25)20-19-15-5-2-3-6-18(15)27-21(19)24-17-13-14(22)7-8-16(17)23-20/h2-3,5-8,13,24H,4,9-12H2,1H3. The number of halogens is 1. The zero-order valence-electron chi connectivity index (χ0n) is 15.2. The van der Waals surface area contributed by atoms with E-state index in [1.54, 1.807) is 17.4 Å². The van der Waals surface area contributed by atoms with Gasteiger partial charge in [0.2, 0.25) is 0 Å². The van der Waals surface area contributed by atoms with Gasteiger partial charge in [-0.3, -0.25) is 0 Å². The molecular formula is C21H21FN4S. The van der Waals surface area contributed by atoms with Gasteiger partial charge in [0.25, 0.3) is 0 Å². The third kappa shape index (κ3) is 2.99. The van der Waals surface area contributed by atoms with E-state index in [2.05, 4.69) is 46.4 Å². The Labute approximate surface area is 161 Å². The average Bonchev–Trinajstić information content (AvgIpc) is 2.78. The van der Waals surface area contributed by atoms with Crippen molar-refractivity contribution in [3.05, 3.63) is 53.8 Å². The summed E-state index contributed by atoms with van der Waals surface area (Å²) >= 11 is 1.70. The minimum absolute atomic E-state index is 0.251. The highest BCUT2D eigenvalue weighted by atomic mass is 32.1. The molecule has 27 heavy (non-hydrogen) atoms. The smallest absolute Gasteiger partial charge is 0.140 e. The summed E-state index contributed by atoms with van der Waals surface area (Å²) in [6.45, 7) is 4.03. The summed E-state index contributed by atoms with van der Waals surface area (Å²) in [5, 5.41) is 5.70. The van der Waals surface area contributed by atoms with Crippen molar-refractivity contribution >= 4 is 43.6 Å². The topological polar surface area (TPSA) is 30.9 Å². The number of anilines is 2. The van der Waals surface area contributed by atoms with Crippen molar-refractivity contribution in [3.8, 4) is 0 Å². The average molecular weight is 380 g/mol. The first kappa shape index (κ1) is 16.7. The van der Waals surface area contributed by atoms with Gasteiger partial charge in [-0.1, -0.05) is 18.2 Å². The second-order valence-corrected chi connectivity index (χ2v) is 8.22. The molecular weight excluding hydrogens is 359 g/mol. The van der Waals surface area contributed by atoms with E-state index >= 15 is 0 Å². The minimum atomic E-state index is -0.251. The van der Waals surface area contributed by atoms with Crippen molar-refractivity contribution in [2.24, 2.45) is 4.99 Å². The van der Waals surface area contributed by atoms with Crippen molar-refractivity contribution in [1.29, 1.82) is 0 Å². The Balaban J connectivity index is 1.71. The van der Waals surface area contributed by atoms with E-state index in [1.165, 1.54) is 22.2 Å². The van der Waals surface area contributed by atoms with E-state index in [0.29, 0.717) is 0 Å². The maximum absolute atomic E-state index is 13.9. The van der Waals surface area contributed by atoms with Gasteiger partial charge >= 0.3 is 0 Å². The van der Waals surface area contributed by atoms with Crippen LogP contribution in [0.25, 0.3) is 10.1 Å². The van der Waals surface area contributed by atoms with Gasteiger partial charge in [-0.05, 0) is 44.3 Å². The molecule has 4 nitrogen and oxygen atoms in total. The first-order chi connectivity index (χ1) is 13.2. The second kappa shape index (κ2) is 6.62. The normalized spacial score (nSPS) is 17.6. The lowest BCUT2D eigenvalue weighted by molar-refractivity contribution is 0.346. The first-order valence-corrected chi connectivity index (χ1v) is 10.1. The highest BCUT2D eigenvalue weighted by molar-refractivity contribution is 7.23. The number of nitrogens with one attached hydrogen (secondary N) is 1. The molecule has 138 valence electrons. The molecule has 0 spiro atoms. The Morgan fingerprint density at radius 2 is 1.96 bits per heavy atom. The lowest BCUT2D eigenvalue weighted by Gasteiger charge is -2.24. The second-order valence-electron chi connectivity index (χ2n) is 7.17. The zero-order valence-corrected chi connectivity index (χ0v) is 16.0. The van der Waals surface area contributed by atoms with Gasteiger partial charge in [0.05, 0.1) is 16.9 Å². The summed E-state index contributed by atoms with van der Waals surface area (Å²) in [6.07, 6.45) is 1.11. The van der Waals surface area contributed by atoms with Crippen molar-refractivity contribution in [3.63, 3.8) is 0 Å². The van der Waals surface area contributed by atoms with Gasteiger partial charge in [0.1, 0.15) is 16.7 Å². The molecule has 5 rings (SSSR count). The molecule has 0 radical (unpaired) electrons. The van der Waals surface area contributed by atoms with E-state index in [9.17, 15) is 4.39 Å². The monoisotopic (exact) mass is 380 g/mol. The van der Waals surface area contributed by atoms with E-state index in [4.69, 9.17) is 4.99 Å². The number of nitrogens with zero attached hydrogens (tertiary/aromatic N) is 3. The number of rotatable bonds is 0. The largest absolute Gasteiger partial charge is 0.355 e. The number of hydrogen-bond acceptors (Lipinski definition) is 5. The van der Waals surface area contributed by atoms with Gasteiger partial charge in [0, 0.05) is 29.7 Å². The molecule has 2 aliphatic heterocycles. The molecule has 3 heterocycles. The molecule has 3 aromatic rings. The zero-order chi connectivity index (χ0) is 18.4. The van der Waals surface area contributed by atoms with Crippen LogP contribution >= 0.6 is 11.3 Å². The fourth-order valence-corrected chi connectivity index (χ4v) is 4.95. The Morgan fingerprint density at radius 3 is 2.89 bits per heavy atom. The van der Waals surface area contributed by atoms with Gasteiger partial charge in [-0.15, -0.1) is 11.3 Å². The molecule has 1 saturated heterocycles. The summed E-state index contributed by atoms with van der Waals surface area (Å²) < 4.78 is 15.1. The van der Waals surface area contributed by atoms with E-state index in [1.807, 2.05) is 0 Å². The maximum Gasteiger partial charge on any atom is 0.140 e. The predicted molar refractivity (Wildman–Crippen MR) is 111 cm³/mol. The Morgan fingerprint density at radius 1 is 1.07 bits per heavy atom. The van der Waals surface area contributed by atoms with Crippen LogP contribution in [0.5, 0.6) is 0 Å². The van der Waals surface area contributed by atoms with Crippen LogP contribution in [0.4, 0.5) is 20.8 Å². The molecule has 1 N–H and O–H groups in total. The molecule has 2 aliphatic rings. The molecule has 0 atom stereocenters. The summed E-state index contributed by atoms with van der Waals surface area (Å²) in [4.78, 5) is 9.79. The van der Waals surface area contributed by atoms with Gasteiger partial charge in [0.15, 0.2) is 0 Å². The molecule has 0 saturated carbocycles. The number of aliphatic imine (C=N–C) groups is 1. The lowest BCUT2D eigenvalue weighted by atomic mass is 10.1. The predicted octanol–water partition coefficient (Wildman–Crippen LogP) is 4.81. The third-order valence-corrected chi connectivity index (χ3v) is 6.36. The minimum Gasteiger partial charge on any atom is -0.355 e. The summed E-state index contributed by atoms with van der Waals surface area (Å²) in [7, 11) is 2.17. The number of fused-ring (bicyclic) bond motifs is 4. The quantitative estimate of drug-likeness (QED) is 0.607.